The van der Waals surface area contributed by atoms with Crippen LogP contribution in [0.5, 0.6) is 0 Å². The summed E-state index contributed by atoms with van der Waals surface area (Å²) in [5, 5.41) is 8.71. The van der Waals surface area contributed by atoms with E-state index < -0.39 is 11.7 Å². The van der Waals surface area contributed by atoms with Gasteiger partial charge in [0.25, 0.3) is 5.91 Å². The van der Waals surface area contributed by atoms with E-state index in [-0.39, 0.29) is 22.1 Å². The molecule has 4 N–H and O–H groups in total. The molecule has 2 aromatic rings. The number of carbonyl (C=O) groups is 1. The number of nitrogens with one attached hydrogen (secondary N) is 2. The predicted molar refractivity (Wildman–Crippen MR) is 62.4 cm³/mol. The first-order valence-electron chi connectivity index (χ1n) is 4.63. The summed E-state index contributed by atoms with van der Waals surface area (Å²) in [6, 6.07) is 3.66. The van der Waals surface area contributed by atoms with E-state index in [0.29, 0.717) is 0 Å². The molecule has 0 spiro atoms. The molecule has 0 aliphatic carbocycles. The molecule has 0 aliphatic heterocycles. The maximum absolute atomic E-state index is 13.0. The number of nitrogens with two attached hydrogens (primary N) is 1. The van der Waals surface area contributed by atoms with Crippen molar-refractivity contribution in [2.24, 2.45) is 0 Å². The van der Waals surface area contributed by atoms with E-state index in [9.17, 15) is 9.18 Å². The number of benzene rings is 1. The highest BCUT2D eigenvalue weighted by molar-refractivity contribution is 6.33. The highest BCUT2D eigenvalue weighted by Crippen LogP contribution is 2.23. The molecule has 1 amide bonds. The monoisotopic (exact) mass is 254 g/mol. The largest absolute Gasteiger partial charge is 0.396 e. The standard InChI is InChI=1S/C10H8ClFN4O/c11-6-2-1-5(12)3-8(6)15-10(17)9-7(13)4-14-16-9/h1-4H,13H2,(H,14,16)(H,15,17). The predicted octanol–water partition coefficient (Wildman–Crippen LogP) is 2.04. The first-order chi connectivity index (χ1) is 8.08. The summed E-state index contributed by atoms with van der Waals surface area (Å²) in [5.74, 6) is -1.03. The molecule has 0 atom stereocenters. The normalized spacial score (nSPS) is 10.2. The maximum Gasteiger partial charge on any atom is 0.275 e. The number of amides is 1. The Labute approximate surface area is 101 Å². The number of aromatic nitrogens is 2. The summed E-state index contributed by atoms with van der Waals surface area (Å²) in [7, 11) is 0. The summed E-state index contributed by atoms with van der Waals surface area (Å²) in [4.78, 5) is 11.7. The fraction of sp³-hybridized carbons (Fsp3) is 0. The first kappa shape index (κ1) is 11.4. The van der Waals surface area contributed by atoms with Gasteiger partial charge in [0.05, 0.1) is 22.6 Å². The molecule has 5 nitrogen and oxygen atoms in total. The number of halogens is 2. The topological polar surface area (TPSA) is 83.8 Å². The van der Waals surface area contributed by atoms with E-state index in [1.54, 1.807) is 0 Å². The van der Waals surface area contributed by atoms with Crippen LogP contribution >= 0.6 is 11.6 Å². The highest BCUT2D eigenvalue weighted by Gasteiger charge is 2.13. The number of carbonyl (C=O) groups excluding carboxylic acids is 1. The van der Waals surface area contributed by atoms with Crippen molar-refractivity contribution in [2.75, 3.05) is 11.1 Å². The quantitative estimate of drug-likeness (QED) is 0.767. The second-order valence-corrected chi connectivity index (χ2v) is 3.69. The first-order valence-corrected chi connectivity index (χ1v) is 5.01. The second kappa shape index (κ2) is 4.42. The van der Waals surface area contributed by atoms with Gasteiger partial charge in [-0.05, 0) is 18.2 Å². The third-order valence-electron chi connectivity index (χ3n) is 2.07. The van der Waals surface area contributed by atoms with Gasteiger partial charge in [0.2, 0.25) is 0 Å². The van der Waals surface area contributed by atoms with E-state index in [1.165, 1.54) is 18.3 Å². The second-order valence-electron chi connectivity index (χ2n) is 3.28. The molecule has 88 valence electrons. The van der Waals surface area contributed by atoms with Crippen molar-refractivity contribution in [3.63, 3.8) is 0 Å². The Hall–Kier alpha value is -2.08. The third kappa shape index (κ3) is 2.36. The van der Waals surface area contributed by atoms with E-state index in [2.05, 4.69) is 15.5 Å². The fourth-order valence-corrected chi connectivity index (χ4v) is 1.42. The Balaban J connectivity index is 2.24. The van der Waals surface area contributed by atoms with Crippen LogP contribution in [-0.4, -0.2) is 16.1 Å². The zero-order chi connectivity index (χ0) is 12.4. The van der Waals surface area contributed by atoms with Crippen LogP contribution in [0.15, 0.2) is 24.4 Å². The molecule has 0 bridgehead atoms. The molecule has 17 heavy (non-hydrogen) atoms. The number of hydrogen-bond acceptors (Lipinski definition) is 3. The average Bonchev–Trinajstić information content (AvgIpc) is 2.70. The fourth-order valence-electron chi connectivity index (χ4n) is 1.26. The smallest absolute Gasteiger partial charge is 0.275 e. The molecule has 0 saturated carbocycles. The van der Waals surface area contributed by atoms with Gasteiger partial charge in [0.15, 0.2) is 0 Å². The van der Waals surface area contributed by atoms with Crippen LogP contribution < -0.4 is 11.1 Å². The summed E-state index contributed by atoms with van der Waals surface area (Å²) in [6.45, 7) is 0. The molecular weight excluding hydrogens is 247 g/mol. The average molecular weight is 255 g/mol. The van der Waals surface area contributed by atoms with Gasteiger partial charge in [-0.25, -0.2) is 4.39 Å². The van der Waals surface area contributed by atoms with Crippen LogP contribution in [0.25, 0.3) is 0 Å². The number of rotatable bonds is 2. The van der Waals surface area contributed by atoms with Crippen LogP contribution in [0.2, 0.25) is 5.02 Å². The van der Waals surface area contributed by atoms with Crippen molar-refractivity contribution in [1.82, 2.24) is 10.2 Å². The zero-order valence-electron chi connectivity index (χ0n) is 8.50. The zero-order valence-corrected chi connectivity index (χ0v) is 9.25. The van der Waals surface area contributed by atoms with Gasteiger partial charge >= 0.3 is 0 Å². The Morgan fingerprint density at radius 3 is 2.94 bits per heavy atom. The van der Waals surface area contributed by atoms with Crippen LogP contribution in [0, 0.1) is 5.82 Å². The van der Waals surface area contributed by atoms with Crippen molar-refractivity contribution in [1.29, 1.82) is 0 Å². The van der Waals surface area contributed by atoms with Crippen LogP contribution in [0.4, 0.5) is 15.8 Å². The lowest BCUT2D eigenvalue weighted by atomic mass is 10.3. The van der Waals surface area contributed by atoms with E-state index in [0.717, 1.165) is 6.07 Å². The number of nitrogens with zero attached hydrogens (tertiary/aromatic N) is 1. The lowest BCUT2D eigenvalue weighted by Crippen LogP contribution is -2.14. The molecule has 0 saturated heterocycles. The minimum Gasteiger partial charge on any atom is -0.396 e. The molecule has 0 aliphatic rings. The minimum absolute atomic E-state index is 0.102. The van der Waals surface area contributed by atoms with Crippen molar-refractivity contribution in [3.05, 3.63) is 40.9 Å². The van der Waals surface area contributed by atoms with Crippen molar-refractivity contribution < 1.29 is 9.18 Å². The van der Waals surface area contributed by atoms with Crippen molar-refractivity contribution in [3.8, 4) is 0 Å². The Bertz CT molecular complexity index is 569. The van der Waals surface area contributed by atoms with Gasteiger partial charge in [-0.1, -0.05) is 11.6 Å². The number of anilines is 2. The van der Waals surface area contributed by atoms with E-state index in [4.69, 9.17) is 17.3 Å². The van der Waals surface area contributed by atoms with Gasteiger partial charge in [0, 0.05) is 0 Å². The number of nitrogen functional groups attached to an aromatic ring is 1. The van der Waals surface area contributed by atoms with Crippen molar-refractivity contribution >= 4 is 28.9 Å². The third-order valence-corrected chi connectivity index (χ3v) is 2.40. The number of hydrogen-bond donors (Lipinski definition) is 3. The lowest BCUT2D eigenvalue weighted by Gasteiger charge is -2.06. The van der Waals surface area contributed by atoms with Gasteiger partial charge in [0.1, 0.15) is 11.5 Å². The van der Waals surface area contributed by atoms with Crippen LogP contribution in [-0.2, 0) is 0 Å². The molecule has 7 heteroatoms. The van der Waals surface area contributed by atoms with Gasteiger partial charge < -0.3 is 11.1 Å². The van der Waals surface area contributed by atoms with Gasteiger partial charge in [-0.3, -0.25) is 9.89 Å². The molecule has 0 unspecified atom stereocenters. The SMILES string of the molecule is Nc1cn[nH]c1C(=O)Nc1cc(F)ccc1Cl. The molecule has 2 rings (SSSR count). The Morgan fingerprint density at radius 2 is 2.29 bits per heavy atom. The van der Waals surface area contributed by atoms with E-state index in [1.807, 2.05) is 0 Å². The van der Waals surface area contributed by atoms with Crippen molar-refractivity contribution in [2.45, 2.75) is 0 Å². The summed E-state index contributed by atoms with van der Waals surface area (Å²) in [6.07, 6.45) is 1.31. The van der Waals surface area contributed by atoms with Crippen LogP contribution in [0.3, 0.4) is 0 Å². The molecule has 1 aromatic carbocycles. The number of H-pyrrole nitrogens is 1. The Kier molecular flexibility index (Phi) is 2.97. The highest BCUT2D eigenvalue weighted by atomic mass is 35.5. The van der Waals surface area contributed by atoms with E-state index >= 15 is 0 Å². The lowest BCUT2D eigenvalue weighted by molar-refractivity contribution is 0.102. The van der Waals surface area contributed by atoms with Gasteiger partial charge in [-0.15, -0.1) is 0 Å². The minimum atomic E-state index is -0.535. The summed E-state index contributed by atoms with van der Waals surface area (Å²) < 4.78 is 13.0. The molecule has 0 radical (unpaired) electrons. The molecule has 1 heterocycles. The Morgan fingerprint density at radius 1 is 1.53 bits per heavy atom. The molecule has 0 fully saturated rings. The van der Waals surface area contributed by atoms with Crippen LogP contribution in [0.1, 0.15) is 10.5 Å². The molecule has 1 aromatic heterocycles. The summed E-state index contributed by atoms with van der Waals surface area (Å²) in [5.41, 5.74) is 5.98. The summed E-state index contributed by atoms with van der Waals surface area (Å²) >= 11 is 5.80. The van der Waals surface area contributed by atoms with Gasteiger partial charge in [-0.2, -0.15) is 5.10 Å². The maximum atomic E-state index is 13.0. The number of aromatic amines is 1. The molecular formula is C10H8ClFN4O.